The molecule has 0 amide bonds. The number of thiophene rings is 1. The Kier molecular flexibility index (Phi) is 10.6. The average Bonchev–Trinajstić information content (AvgIpc) is 3.04. The Labute approximate surface area is 184 Å². The van der Waals surface area contributed by atoms with Crippen LogP contribution in [0.1, 0.15) is 23.5 Å². The molecule has 0 spiro atoms. The van der Waals surface area contributed by atoms with Gasteiger partial charge in [0.15, 0.2) is 5.96 Å². The monoisotopic (exact) mass is 529 g/mol. The van der Waals surface area contributed by atoms with Gasteiger partial charge in [-0.25, -0.2) is 4.99 Å². The minimum Gasteiger partial charge on any atom is -0.496 e. The molecule has 0 radical (unpaired) electrons. The van der Waals surface area contributed by atoms with Gasteiger partial charge in [-0.1, -0.05) is 29.3 Å². The normalized spacial score (nSPS) is 12.3. The van der Waals surface area contributed by atoms with Gasteiger partial charge >= 0.3 is 0 Å². The van der Waals surface area contributed by atoms with Crippen molar-refractivity contribution in [2.75, 3.05) is 20.2 Å². The van der Waals surface area contributed by atoms with E-state index in [1.54, 1.807) is 25.3 Å². The van der Waals surface area contributed by atoms with E-state index in [-0.39, 0.29) is 24.0 Å². The van der Waals surface area contributed by atoms with E-state index in [0.717, 1.165) is 10.4 Å². The van der Waals surface area contributed by atoms with E-state index in [0.29, 0.717) is 40.7 Å². The van der Waals surface area contributed by atoms with E-state index in [2.05, 4.69) is 15.6 Å². The predicted octanol–water partition coefficient (Wildman–Crippen LogP) is 4.47. The van der Waals surface area contributed by atoms with E-state index in [1.165, 1.54) is 11.3 Å². The zero-order valence-electron chi connectivity index (χ0n) is 14.5. The van der Waals surface area contributed by atoms with Crippen LogP contribution in [0.5, 0.6) is 5.75 Å². The number of hydrogen-bond donors (Lipinski definition) is 3. The number of nitrogens with zero attached hydrogens (tertiary/aromatic N) is 1. The maximum Gasteiger partial charge on any atom is 0.191 e. The summed E-state index contributed by atoms with van der Waals surface area (Å²) in [5, 5.41) is 17.1. The summed E-state index contributed by atoms with van der Waals surface area (Å²) in [4.78, 5) is 5.34. The largest absolute Gasteiger partial charge is 0.496 e. The van der Waals surface area contributed by atoms with E-state index in [1.807, 2.05) is 19.1 Å². The van der Waals surface area contributed by atoms with Gasteiger partial charge < -0.3 is 20.5 Å². The Morgan fingerprint density at radius 1 is 1.27 bits per heavy atom. The van der Waals surface area contributed by atoms with Crippen molar-refractivity contribution in [3.05, 3.63) is 50.1 Å². The van der Waals surface area contributed by atoms with E-state index >= 15 is 0 Å². The molecule has 2 aromatic rings. The van der Waals surface area contributed by atoms with Crippen LogP contribution >= 0.6 is 58.5 Å². The Morgan fingerprint density at radius 2 is 2.04 bits per heavy atom. The molecule has 9 heteroatoms. The van der Waals surface area contributed by atoms with Gasteiger partial charge in [-0.15, -0.1) is 35.3 Å². The lowest BCUT2D eigenvalue weighted by molar-refractivity contribution is 0.184. The molecule has 0 saturated heterocycles. The molecule has 3 N–H and O–H groups in total. The second kappa shape index (κ2) is 11.9. The fourth-order valence-electron chi connectivity index (χ4n) is 2.16. The lowest BCUT2D eigenvalue weighted by Gasteiger charge is -2.15. The molecule has 1 aromatic heterocycles. The van der Waals surface area contributed by atoms with Crippen LogP contribution in [0.15, 0.2) is 35.3 Å². The van der Waals surface area contributed by atoms with Crippen molar-refractivity contribution in [2.45, 2.75) is 19.6 Å². The molecule has 0 aliphatic rings. The molecule has 0 aliphatic heterocycles. The highest BCUT2D eigenvalue weighted by Gasteiger charge is 2.11. The van der Waals surface area contributed by atoms with Crippen LogP contribution in [0, 0.1) is 0 Å². The molecule has 5 nitrogen and oxygen atoms in total. The summed E-state index contributed by atoms with van der Waals surface area (Å²) in [6.45, 7) is 3.46. The number of nitrogens with one attached hydrogen (secondary N) is 2. The van der Waals surface area contributed by atoms with Crippen molar-refractivity contribution in [2.24, 2.45) is 4.99 Å². The second-order valence-corrected chi connectivity index (χ2v) is 7.37. The van der Waals surface area contributed by atoms with E-state index in [9.17, 15) is 5.11 Å². The van der Waals surface area contributed by atoms with Crippen LogP contribution in [-0.4, -0.2) is 31.3 Å². The summed E-state index contributed by atoms with van der Waals surface area (Å²) in [6.07, 6.45) is -0.647. The fourth-order valence-corrected chi connectivity index (χ4v) is 3.37. The number of benzene rings is 1. The number of rotatable bonds is 7. The third-order valence-corrected chi connectivity index (χ3v) is 4.95. The summed E-state index contributed by atoms with van der Waals surface area (Å²) in [7, 11) is 1.60. The second-order valence-electron chi connectivity index (χ2n) is 5.19. The van der Waals surface area contributed by atoms with Gasteiger partial charge in [-0.2, -0.15) is 0 Å². The molecule has 1 unspecified atom stereocenters. The van der Waals surface area contributed by atoms with Gasteiger partial charge in [0, 0.05) is 28.6 Å². The molecule has 1 aromatic carbocycles. The van der Waals surface area contributed by atoms with Crippen molar-refractivity contribution >= 4 is 64.5 Å². The molecule has 2 rings (SSSR count). The number of methoxy groups -OCH3 is 1. The van der Waals surface area contributed by atoms with Crippen molar-refractivity contribution in [3.63, 3.8) is 0 Å². The zero-order valence-corrected chi connectivity index (χ0v) is 19.1. The van der Waals surface area contributed by atoms with Crippen LogP contribution in [0.4, 0.5) is 0 Å². The number of aliphatic imine (C=N–C) groups is 1. The van der Waals surface area contributed by atoms with E-state index in [4.69, 9.17) is 27.9 Å². The van der Waals surface area contributed by atoms with Crippen LogP contribution in [0.25, 0.3) is 0 Å². The van der Waals surface area contributed by atoms with Gasteiger partial charge in [0.2, 0.25) is 0 Å². The average molecular weight is 530 g/mol. The molecule has 26 heavy (non-hydrogen) atoms. The Bertz CT molecular complexity index is 728. The van der Waals surface area contributed by atoms with Crippen LogP contribution in [-0.2, 0) is 6.54 Å². The summed E-state index contributed by atoms with van der Waals surface area (Å²) in [6, 6.07) is 9.05. The first-order chi connectivity index (χ1) is 12.0. The first kappa shape index (κ1) is 23.3. The van der Waals surface area contributed by atoms with Crippen LogP contribution < -0.4 is 15.4 Å². The lowest BCUT2D eigenvalue weighted by atomic mass is 10.2. The number of guanidine groups is 1. The van der Waals surface area contributed by atoms with Crippen LogP contribution in [0.2, 0.25) is 9.36 Å². The quantitative estimate of drug-likeness (QED) is 0.281. The van der Waals surface area contributed by atoms with Crippen molar-refractivity contribution in [1.29, 1.82) is 0 Å². The van der Waals surface area contributed by atoms with E-state index < -0.39 is 6.10 Å². The highest BCUT2D eigenvalue weighted by atomic mass is 127. The summed E-state index contributed by atoms with van der Waals surface area (Å²) < 4.78 is 5.99. The predicted molar refractivity (Wildman–Crippen MR) is 121 cm³/mol. The Morgan fingerprint density at radius 3 is 2.65 bits per heavy atom. The molecule has 0 fully saturated rings. The van der Waals surface area contributed by atoms with Crippen molar-refractivity contribution in [1.82, 2.24) is 10.6 Å². The summed E-state index contributed by atoms with van der Waals surface area (Å²) in [5.74, 6) is 1.31. The third kappa shape index (κ3) is 7.11. The minimum absolute atomic E-state index is 0. The topological polar surface area (TPSA) is 65.9 Å². The van der Waals surface area contributed by atoms with Crippen molar-refractivity contribution in [3.8, 4) is 5.75 Å². The molecular weight excluding hydrogens is 508 g/mol. The minimum atomic E-state index is -0.647. The van der Waals surface area contributed by atoms with Crippen LogP contribution in [0.3, 0.4) is 0 Å². The fraction of sp³-hybridized carbons (Fsp3) is 0.353. The number of ether oxygens (including phenoxy) is 1. The van der Waals surface area contributed by atoms with Gasteiger partial charge in [0.05, 0.1) is 18.0 Å². The van der Waals surface area contributed by atoms with Gasteiger partial charge in [0.25, 0.3) is 0 Å². The van der Waals surface area contributed by atoms with Gasteiger partial charge in [-0.05, 0) is 31.2 Å². The number of hydrogen-bond acceptors (Lipinski definition) is 4. The Hall–Kier alpha value is -0.740. The SMILES string of the molecule is CCNC(=NCc1ccc(Cl)cc1OC)NCC(O)c1ccc(Cl)s1.I. The van der Waals surface area contributed by atoms with Gasteiger partial charge in [-0.3, -0.25) is 0 Å². The lowest BCUT2D eigenvalue weighted by Crippen LogP contribution is -2.39. The van der Waals surface area contributed by atoms with Gasteiger partial charge in [0.1, 0.15) is 11.9 Å². The molecule has 144 valence electrons. The smallest absolute Gasteiger partial charge is 0.191 e. The highest BCUT2D eigenvalue weighted by molar-refractivity contribution is 14.0. The molecule has 0 aliphatic carbocycles. The van der Waals surface area contributed by atoms with Crippen molar-refractivity contribution < 1.29 is 9.84 Å². The first-order valence-corrected chi connectivity index (χ1v) is 9.38. The standard InChI is InChI=1S/C17H21Cl2N3O2S.HI/c1-3-20-17(22-10-13(23)15-6-7-16(19)25-15)21-9-11-4-5-12(18)8-14(11)24-2;/h4-8,13,23H,3,9-10H2,1-2H3,(H2,20,21,22);1H. The summed E-state index contributed by atoms with van der Waals surface area (Å²) in [5.41, 5.74) is 0.926. The number of aliphatic hydroxyl groups is 1. The number of aliphatic hydroxyl groups excluding tert-OH is 1. The highest BCUT2D eigenvalue weighted by Crippen LogP contribution is 2.26. The number of halogens is 3. The molecular formula is C17H22Cl2IN3O2S. The molecule has 0 bridgehead atoms. The molecule has 0 saturated carbocycles. The third-order valence-electron chi connectivity index (χ3n) is 3.39. The maximum atomic E-state index is 10.2. The Balaban J connectivity index is 0.00000338. The molecule has 1 heterocycles. The zero-order chi connectivity index (χ0) is 18.2. The summed E-state index contributed by atoms with van der Waals surface area (Å²) >= 11 is 13.2. The molecule has 1 atom stereocenters. The maximum absolute atomic E-state index is 10.2. The first-order valence-electron chi connectivity index (χ1n) is 7.81.